The van der Waals surface area contributed by atoms with E-state index in [1.807, 2.05) is 30.2 Å². The number of rotatable bonds is 7. The van der Waals surface area contributed by atoms with Gasteiger partial charge in [0.25, 0.3) is 0 Å². The molecule has 0 saturated carbocycles. The van der Waals surface area contributed by atoms with Crippen molar-refractivity contribution < 1.29 is 5.11 Å². The lowest BCUT2D eigenvalue weighted by molar-refractivity contribution is 0.269. The number of para-hydroxylation sites is 1. The zero-order chi connectivity index (χ0) is 13.5. The molecule has 5 heteroatoms. The first-order valence-electron chi connectivity index (χ1n) is 6.41. The Hall–Kier alpha value is -1.46. The van der Waals surface area contributed by atoms with Crippen LogP contribution in [0.3, 0.4) is 0 Å². The van der Waals surface area contributed by atoms with Crippen LogP contribution in [0.1, 0.15) is 12.5 Å². The first-order chi connectivity index (χ1) is 9.33. The van der Waals surface area contributed by atoms with Crippen LogP contribution in [0.25, 0.3) is 0 Å². The molecule has 1 aromatic heterocycles. The molecule has 0 aliphatic carbocycles. The van der Waals surface area contributed by atoms with E-state index in [0.717, 1.165) is 23.5 Å². The van der Waals surface area contributed by atoms with Gasteiger partial charge < -0.3 is 10.4 Å². The molecule has 0 fully saturated rings. The maximum atomic E-state index is 8.85. The van der Waals surface area contributed by atoms with Gasteiger partial charge in [-0.05, 0) is 17.9 Å². The summed E-state index contributed by atoms with van der Waals surface area (Å²) >= 11 is 1.83. The van der Waals surface area contributed by atoms with Crippen molar-refractivity contribution in [2.75, 3.05) is 17.7 Å². The molecule has 0 radical (unpaired) electrons. The van der Waals surface area contributed by atoms with Gasteiger partial charge in [0.15, 0.2) is 0 Å². The summed E-state index contributed by atoms with van der Waals surface area (Å²) in [6.07, 6.45) is 3.79. The molecule has 0 spiro atoms. The number of benzene rings is 1. The predicted molar refractivity (Wildman–Crippen MR) is 79.5 cm³/mol. The van der Waals surface area contributed by atoms with Gasteiger partial charge in [-0.3, -0.25) is 4.68 Å². The third kappa shape index (κ3) is 4.01. The Kier molecular flexibility index (Phi) is 5.30. The van der Waals surface area contributed by atoms with Gasteiger partial charge >= 0.3 is 0 Å². The molecular formula is C14H19N3OS. The van der Waals surface area contributed by atoms with Gasteiger partial charge in [0.05, 0.1) is 19.3 Å². The maximum Gasteiger partial charge on any atom is 0.0640 e. The summed E-state index contributed by atoms with van der Waals surface area (Å²) < 4.78 is 1.75. The number of aliphatic hydroxyl groups excluding tert-OH is 1. The predicted octanol–water partition coefficient (Wildman–Crippen LogP) is 2.60. The monoisotopic (exact) mass is 277 g/mol. The van der Waals surface area contributed by atoms with E-state index in [0.29, 0.717) is 6.54 Å². The fraction of sp³-hybridized carbons (Fsp3) is 0.357. The second kappa shape index (κ2) is 7.21. The zero-order valence-electron chi connectivity index (χ0n) is 11.0. The quantitative estimate of drug-likeness (QED) is 0.764. The average molecular weight is 277 g/mol. The highest BCUT2D eigenvalue weighted by atomic mass is 32.2. The van der Waals surface area contributed by atoms with Crippen LogP contribution >= 0.6 is 11.8 Å². The van der Waals surface area contributed by atoms with Crippen LogP contribution in [0.15, 0.2) is 41.6 Å². The van der Waals surface area contributed by atoms with E-state index < -0.39 is 0 Å². The van der Waals surface area contributed by atoms with Crippen molar-refractivity contribution in [2.45, 2.75) is 24.9 Å². The van der Waals surface area contributed by atoms with E-state index >= 15 is 0 Å². The number of hydrogen-bond donors (Lipinski definition) is 2. The first-order valence-corrected chi connectivity index (χ1v) is 7.40. The Bertz CT molecular complexity index is 513. The first kappa shape index (κ1) is 14.0. The van der Waals surface area contributed by atoms with Crippen molar-refractivity contribution >= 4 is 17.4 Å². The molecule has 0 unspecified atom stereocenters. The van der Waals surface area contributed by atoms with Crippen LogP contribution in [0, 0.1) is 0 Å². The lowest BCUT2D eigenvalue weighted by Crippen LogP contribution is -2.02. The van der Waals surface area contributed by atoms with Crippen LogP contribution in [-0.2, 0) is 13.1 Å². The summed E-state index contributed by atoms with van der Waals surface area (Å²) in [7, 11) is 0. The maximum absolute atomic E-state index is 8.85. The summed E-state index contributed by atoms with van der Waals surface area (Å²) in [5.74, 6) is 1.06. The fourth-order valence-corrected chi connectivity index (χ4v) is 2.60. The fourth-order valence-electron chi connectivity index (χ4n) is 1.81. The van der Waals surface area contributed by atoms with Crippen LogP contribution < -0.4 is 5.32 Å². The van der Waals surface area contributed by atoms with Gasteiger partial charge in [0, 0.05) is 28.9 Å². The second-order valence-corrected chi connectivity index (χ2v) is 5.42. The van der Waals surface area contributed by atoms with Crippen molar-refractivity contribution in [3.8, 4) is 0 Å². The topological polar surface area (TPSA) is 50.1 Å². The highest BCUT2D eigenvalue weighted by Crippen LogP contribution is 2.26. The normalized spacial score (nSPS) is 10.6. The molecule has 0 aliphatic rings. The number of thioether (sulfide) groups is 1. The molecule has 0 atom stereocenters. The summed E-state index contributed by atoms with van der Waals surface area (Å²) in [5.41, 5.74) is 2.27. The second-order valence-electron chi connectivity index (χ2n) is 4.12. The Morgan fingerprint density at radius 3 is 3.00 bits per heavy atom. The third-order valence-corrected chi connectivity index (χ3v) is 3.64. The van der Waals surface area contributed by atoms with Gasteiger partial charge in [0.2, 0.25) is 0 Å². The van der Waals surface area contributed by atoms with Gasteiger partial charge in [-0.1, -0.05) is 19.1 Å². The molecular weight excluding hydrogens is 258 g/mol. The molecule has 0 bridgehead atoms. The Labute approximate surface area is 117 Å². The molecule has 102 valence electrons. The summed E-state index contributed by atoms with van der Waals surface area (Å²) in [4.78, 5) is 1.27. The van der Waals surface area contributed by atoms with E-state index in [2.05, 4.69) is 35.5 Å². The van der Waals surface area contributed by atoms with Crippen LogP contribution in [0.5, 0.6) is 0 Å². The van der Waals surface area contributed by atoms with E-state index in [4.69, 9.17) is 5.11 Å². The van der Waals surface area contributed by atoms with Crippen molar-refractivity contribution in [3.05, 3.63) is 42.2 Å². The Morgan fingerprint density at radius 1 is 1.37 bits per heavy atom. The molecule has 2 aromatic rings. The van der Waals surface area contributed by atoms with Crippen molar-refractivity contribution in [3.63, 3.8) is 0 Å². The number of nitrogens with one attached hydrogen (secondary N) is 1. The minimum absolute atomic E-state index is 0.116. The molecule has 0 aliphatic heterocycles. The number of aliphatic hydroxyl groups is 1. The number of nitrogens with zero attached hydrogens (tertiary/aromatic N) is 2. The van der Waals surface area contributed by atoms with Crippen LogP contribution in [-0.4, -0.2) is 27.2 Å². The summed E-state index contributed by atoms with van der Waals surface area (Å²) in [5, 5.41) is 16.5. The van der Waals surface area contributed by atoms with Gasteiger partial charge in [-0.2, -0.15) is 5.10 Å². The van der Waals surface area contributed by atoms with Crippen molar-refractivity contribution in [1.82, 2.24) is 9.78 Å². The van der Waals surface area contributed by atoms with E-state index in [9.17, 15) is 0 Å². The smallest absolute Gasteiger partial charge is 0.0640 e. The molecule has 2 N–H and O–H groups in total. The molecule has 0 saturated heterocycles. The number of hydrogen-bond acceptors (Lipinski definition) is 4. The summed E-state index contributed by atoms with van der Waals surface area (Å²) in [6, 6.07) is 8.32. The summed E-state index contributed by atoms with van der Waals surface area (Å²) in [6.45, 7) is 3.56. The Morgan fingerprint density at radius 2 is 2.21 bits per heavy atom. The Balaban J connectivity index is 1.97. The van der Waals surface area contributed by atoms with Crippen LogP contribution in [0.2, 0.25) is 0 Å². The molecule has 1 heterocycles. The molecule has 0 amide bonds. The average Bonchev–Trinajstić information content (AvgIpc) is 2.86. The minimum Gasteiger partial charge on any atom is -0.394 e. The molecule has 19 heavy (non-hydrogen) atoms. The zero-order valence-corrected chi connectivity index (χ0v) is 11.9. The standard InChI is InChI=1S/C14H19N3OS/c1-2-19-14-6-4-3-5-13(14)15-9-12-10-16-17(11-12)7-8-18/h3-6,10-11,15,18H,2,7-9H2,1H3. The van der Waals surface area contributed by atoms with Gasteiger partial charge in [-0.25, -0.2) is 0 Å². The molecule has 2 rings (SSSR count). The number of aromatic nitrogens is 2. The van der Waals surface area contributed by atoms with Crippen molar-refractivity contribution in [2.24, 2.45) is 0 Å². The number of anilines is 1. The lowest BCUT2D eigenvalue weighted by atomic mass is 10.3. The van der Waals surface area contributed by atoms with E-state index in [1.165, 1.54) is 4.90 Å². The molecule has 4 nitrogen and oxygen atoms in total. The largest absolute Gasteiger partial charge is 0.394 e. The minimum atomic E-state index is 0.116. The van der Waals surface area contributed by atoms with Crippen LogP contribution in [0.4, 0.5) is 5.69 Å². The van der Waals surface area contributed by atoms with E-state index in [-0.39, 0.29) is 6.61 Å². The third-order valence-electron chi connectivity index (χ3n) is 2.69. The van der Waals surface area contributed by atoms with E-state index in [1.54, 1.807) is 4.68 Å². The molecule has 1 aromatic carbocycles. The SMILES string of the molecule is CCSc1ccccc1NCc1cnn(CCO)c1. The van der Waals surface area contributed by atoms with Crippen molar-refractivity contribution in [1.29, 1.82) is 0 Å². The van der Waals surface area contributed by atoms with Gasteiger partial charge in [-0.15, -0.1) is 11.8 Å². The van der Waals surface area contributed by atoms with Gasteiger partial charge in [0.1, 0.15) is 0 Å². The highest BCUT2D eigenvalue weighted by Gasteiger charge is 2.02. The lowest BCUT2D eigenvalue weighted by Gasteiger charge is -2.09. The highest BCUT2D eigenvalue weighted by molar-refractivity contribution is 7.99.